The predicted octanol–water partition coefficient (Wildman–Crippen LogP) is 3.53. The number of methoxy groups -OCH3 is 1. The van der Waals surface area contributed by atoms with E-state index in [1.54, 1.807) is 13.3 Å². The third kappa shape index (κ3) is 4.29. The summed E-state index contributed by atoms with van der Waals surface area (Å²) in [6.07, 6.45) is 7.18. The fraction of sp³-hybridized carbons (Fsp3) is 0.192. The van der Waals surface area contributed by atoms with E-state index in [-0.39, 0.29) is 30.8 Å². The maximum absolute atomic E-state index is 12.7. The summed E-state index contributed by atoms with van der Waals surface area (Å²) < 4.78 is 12.3. The first-order valence-electron chi connectivity index (χ1n) is 11.0. The lowest BCUT2D eigenvalue weighted by atomic mass is 9.86. The van der Waals surface area contributed by atoms with Crippen molar-refractivity contribution in [3.8, 4) is 41.0 Å². The van der Waals surface area contributed by atoms with Gasteiger partial charge in [-0.15, -0.1) is 11.5 Å². The minimum atomic E-state index is -0.209. The number of carbonyl (C=O) groups excluding carboxylic acids is 1. The highest BCUT2D eigenvalue weighted by Crippen LogP contribution is 2.40. The molecule has 0 unspecified atom stereocenters. The third-order valence-electron chi connectivity index (χ3n) is 5.81. The summed E-state index contributed by atoms with van der Waals surface area (Å²) in [6.45, 7) is 2.07. The van der Waals surface area contributed by atoms with E-state index in [1.807, 2.05) is 55.5 Å². The SMILES string of the molecule is C#CCOc1cccc([C@@H]2CC(=O)Nc3c2c(C)nn3-c2nncc(-c3ccc(OC)cc3)n2)c1. The van der Waals surface area contributed by atoms with Gasteiger partial charge in [-0.3, -0.25) is 4.79 Å². The molecule has 1 atom stereocenters. The molecule has 9 nitrogen and oxygen atoms in total. The van der Waals surface area contributed by atoms with Crippen LogP contribution in [0, 0.1) is 19.3 Å². The number of aryl methyl sites for hydroxylation is 1. The van der Waals surface area contributed by atoms with E-state index in [2.05, 4.69) is 31.5 Å². The molecular formula is C26H22N6O3. The van der Waals surface area contributed by atoms with Crippen LogP contribution in [-0.2, 0) is 4.79 Å². The van der Waals surface area contributed by atoms with Gasteiger partial charge in [-0.25, -0.2) is 4.98 Å². The van der Waals surface area contributed by atoms with E-state index in [1.165, 1.54) is 4.68 Å². The van der Waals surface area contributed by atoms with Gasteiger partial charge in [0.15, 0.2) is 0 Å². The van der Waals surface area contributed by atoms with Crippen molar-refractivity contribution in [2.75, 3.05) is 19.0 Å². The quantitative estimate of drug-likeness (QED) is 0.434. The maximum atomic E-state index is 12.7. The van der Waals surface area contributed by atoms with Crippen LogP contribution in [0.25, 0.3) is 17.2 Å². The average Bonchev–Trinajstić information content (AvgIpc) is 3.23. The number of hydrogen-bond acceptors (Lipinski definition) is 7. The Bertz CT molecular complexity index is 1440. The van der Waals surface area contributed by atoms with E-state index in [4.69, 9.17) is 15.9 Å². The standard InChI is InChI=1S/C26H22N6O3/c1-4-12-35-20-7-5-6-18(13-20)21-14-23(33)29-25-24(21)16(2)31-32(25)26-28-22(15-27-30-26)17-8-10-19(34-3)11-9-17/h1,5-11,13,15,21H,12,14H2,2-3H3,(H,29,33)/t21-/m0/s1. The number of anilines is 1. The lowest BCUT2D eigenvalue weighted by Gasteiger charge is -2.24. The lowest BCUT2D eigenvalue weighted by Crippen LogP contribution is -2.25. The first-order chi connectivity index (χ1) is 17.1. The first kappa shape index (κ1) is 22.1. The summed E-state index contributed by atoms with van der Waals surface area (Å²) in [5, 5.41) is 15.9. The fourth-order valence-corrected chi connectivity index (χ4v) is 4.21. The van der Waals surface area contributed by atoms with E-state index in [9.17, 15) is 4.79 Å². The van der Waals surface area contributed by atoms with Gasteiger partial charge in [-0.1, -0.05) is 18.1 Å². The van der Waals surface area contributed by atoms with Gasteiger partial charge in [-0.2, -0.15) is 14.9 Å². The number of benzene rings is 2. The average molecular weight is 467 g/mol. The molecule has 0 radical (unpaired) electrons. The van der Waals surface area contributed by atoms with Crippen LogP contribution < -0.4 is 14.8 Å². The minimum absolute atomic E-state index is 0.127. The second-order valence-electron chi connectivity index (χ2n) is 8.00. The number of nitrogens with zero attached hydrogens (tertiary/aromatic N) is 5. The molecule has 0 aliphatic carbocycles. The minimum Gasteiger partial charge on any atom is -0.497 e. The summed E-state index contributed by atoms with van der Waals surface area (Å²) in [6, 6.07) is 15.1. The molecule has 1 N–H and O–H groups in total. The van der Waals surface area contributed by atoms with Crippen molar-refractivity contribution in [1.82, 2.24) is 25.0 Å². The summed E-state index contributed by atoms with van der Waals surface area (Å²) in [4.78, 5) is 17.4. The van der Waals surface area contributed by atoms with Gasteiger partial charge >= 0.3 is 0 Å². The molecule has 3 heterocycles. The zero-order valence-electron chi connectivity index (χ0n) is 19.2. The van der Waals surface area contributed by atoms with Crippen LogP contribution in [0.15, 0.2) is 54.7 Å². The Labute approximate surface area is 202 Å². The monoisotopic (exact) mass is 466 g/mol. The predicted molar refractivity (Wildman–Crippen MR) is 130 cm³/mol. The zero-order chi connectivity index (χ0) is 24.4. The number of ether oxygens (including phenoxy) is 2. The molecular weight excluding hydrogens is 444 g/mol. The normalized spacial score (nSPS) is 14.5. The van der Waals surface area contributed by atoms with E-state index in [0.29, 0.717) is 17.3 Å². The van der Waals surface area contributed by atoms with E-state index in [0.717, 1.165) is 28.1 Å². The molecule has 1 aliphatic heterocycles. The summed E-state index contributed by atoms with van der Waals surface area (Å²) >= 11 is 0. The number of carbonyl (C=O) groups is 1. The van der Waals surface area contributed by atoms with Crippen LogP contribution in [0.5, 0.6) is 11.5 Å². The molecule has 35 heavy (non-hydrogen) atoms. The Balaban J connectivity index is 1.55. The molecule has 5 rings (SSSR count). The fourth-order valence-electron chi connectivity index (χ4n) is 4.21. The van der Waals surface area contributed by atoms with Crippen LogP contribution in [-0.4, -0.2) is 44.6 Å². The number of amides is 1. The second-order valence-corrected chi connectivity index (χ2v) is 8.00. The van der Waals surface area contributed by atoms with Crippen LogP contribution in [0.3, 0.4) is 0 Å². The van der Waals surface area contributed by atoms with E-state index >= 15 is 0 Å². The number of fused-ring (bicyclic) bond motifs is 1. The van der Waals surface area contributed by atoms with Gasteiger partial charge < -0.3 is 14.8 Å². The molecule has 0 spiro atoms. The first-order valence-corrected chi connectivity index (χ1v) is 11.0. The largest absolute Gasteiger partial charge is 0.497 e. The molecule has 4 aromatic rings. The second kappa shape index (κ2) is 9.27. The number of nitrogens with one attached hydrogen (secondary N) is 1. The highest BCUT2D eigenvalue weighted by atomic mass is 16.5. The Morgan fingerprint density at radius 3 is 2.80 bits per heavy atom. The highest BCUT2D eigenvalue weighted by molar-refractivity contribution is 5.95. The van der Waals surface area contributed by atoms with Gasteiger partial charge in [0.25, 0.3) is 5.95 Å². The molecule has 0 bridgehead atoms. The Morgan fingerprint density at radius 2 is 2.03 bits per heavy atom. The topological polar surface area (TPSA) is 104 Å². The molecule has 0 saturated carbocycles. The van der Waals surface area contributed by atoms with Crippen molar-refractivity contribution >= 4 is 11.7 Å². The van der Waals surface area contributed by atoms with Crippen LogP contribution in [0.2, 0.25) is 0 Å². The number of terminal acetylenes is 1. The smallest absolute Gasteiger partial charge is 0.272 e. The molecule has 1 amide bonds. The van der Waals surface area contributed by atoms with Gasteiger partial charge in [0.1, 0.15) is 23.9 Å². The molecule has 1 aliphatic rings. The van der Waals surface area contributed by atoms with Gasteiger partial charge in [0.2, 0.25) is 5.91 Å². The maximum Gasteiger partial charge on any atom is 0.272 e. The van der Waals surface area contributed by atoms with Crippen molar-refractivity contribution < 1.29 is 14.3 Å². The van der Waals surface area contributed by atoms with Gasteiger partial charge in [-0.05, 0) is 48.9 Å². The lowest BCUT2D eigenvalue weighted by molar-refractivity contribution is -0.116. The molecule has 2 aromatic heterocycles. The summed E-state index contributed by atoms with van der Waals surface area (Å²) in [7, 11) is 1.62. The molecule has 0 saturated heterocycles. The number of hydrogen-bond donors (Lipinski definition) is 1. The Hall–Kier alpha value is -4.71. The highest BCUT2D eigenvalue weighted by Gasteiger charge is 2.33. The molecule has 9 heteroatoms. The Morgan fingerprint density at radius 1 is 1.20 bits per heavy atom. The Kier molecular flexibility index (Phi) is 5.85. The van der Waals surface area contributed by atoms with Crippen molar-refractivity contribution in [2.45, 2.75) is 19.3 Å². The molecule has 174 valence electrons. The van der Waals surface area contributed by atoms with Gasteiger partial charge in [0.05, 0.1) is 24.7 Å². The zero-order valence-corrected chi connectivity index (χ0v) is 19.2. The molecule has 0 fully saturated rings. The third-order valence-corrected chi connectivity index (χ3v) is 5.81. The summed E-state index contributed by atoms with van der Waals surface area (Å²) in [5.74, 6) is 4.32. The molecule has 2 aromatic carbocycles. The van der Waals surface area contributed by atoms with Crippen molar-refractivity contribution in [1.29, 1.82) is 0 Å². The van der Waals surface area contributed by atoms with Crippen molar-refractivity contribution in [3.05, 3.63) is 71.5 Å². The van der Waals surface area contributed by atoms with Crippen molar-refractivity contribution in [3.63, 3.8) is 0 Å². The summed E-state index contributed by atoms with van der Waals surface area (Å²) in [5.41, 5.74) is 4.07. The van der Waals surface area contributed by atoms with E-state index < -0.39 is 0 Å². The van der Waals surface area contributed by atoms with Crippen LogP contribution >= 0.6 is 0 Å². The van der Waals surface area contributed by atoms with Crippen LogP contribution in [0.4, 0.5) is 5.82 Å². The number of aromatic nitrogens is 5. The number of rotatable bonds is 6. The van der Waals surface area contributed by atoms with Gasteiger partial charge in [0, 0.05) is 23.5 Å². The van der Waals surface area contributed by atoms with Crippen LogP contribution in [0.1, 0.15) is 29.2 Å². The van der Waals surface area contributed by atoms with Crippen molar-refractivity contribution in [2.24, 2.45) is 0 Å².